The Balaban J connectivity index is 3.03. The summed E-state index contributed by atoms with van der Waals surface area (Å²) in [6.45, 7) is 0. The van der Waals surface area contributed by atoms with E-state index in [2.05, 4.69) is 4.98 Å². The molecule has 0 aliphatic carbocycles. The summed E-state index contributed by atoms with van der Waals surface area (Å²) in [6, 6.07) is 5.14. The average Bonchev–Trinajstić information content (AvgIpc) is 2.14. The van der Waals surface area contributed by atoms with Crippen LogP contribution in [0.2, 0.25) is 10.2 Å². The Bertz CT molecular complexity index is 562. The molecule has 0 aliphatic heterocycles. The number of halogens is 2. The van der Waals surface area contributed by atoms with Crippen LogP contribution in [0.5, 0.6) is 0 Å². The van der Waals surface area contributed by atoms with Gasteiger partial charge in [0.1, 0.15) is 5.15 Å². The summed E-state index contributed by atoms with van der Waals surface area (Å²) >= 11 is 11.6. The summed E-state index contributed by atoms with van der Waals surface area (Å²) in [7, 11) is 1.63. The van der Waals surface area contributed by atoms with Crippen LogP contribution in [0.1, 0.15) is 0 Å². The van der Waals surface area contributed by atoms with Crippen molar-refractivity contribution in [1.82, 2.24) is 9.55 Å². The van der Waals surface area contributed by atoms with Gasteiger partial charge in [0, 0.05) is 17.5 Å². The van der Waals surface area contributed by atoms with Crippen LogP contribution in [0.3, 0.4) is 0 Å². The quantitative estimate of drug-likeness (QED) is 0.649. The number of rotatable bonds is 0. The number of aromatic nitrogens is 2. The van der Waals surface area contributed by atoms with Crippen LogP contribution in [0.15, 0.2) is 23.0 Å². The Morgan fingerprint density at radius 3 is 2.79 bits per heavy atom. The molecule has 2 aromatic rings. The Kier molecular flexibility index (Phi) is 2.21. The Hall–Kier alpha value is -1.06. The second kappa shape index (κ2) is 3.26. The molecule has 0 saturated carbocycles. The van der Waals surface area contributed by atoms with E-state index in [0.717, 1.165) is 5.39 Å². The van der Waals surface area contributed by atoms with Crippen LogP contribution < -0.4 is 5.69 Å². The van der Waals surface area contributed by atoms with E-state index < -0.39 is 0 Å². The van der Waals surface area contributed by atoms with Gasteiger partial charge in [0.05, 0.1) is 5.52 Å². The predicted octanol–water partition coefficient (Wildman–Crippen LogP) is 2.24. The van der Waals surface area contributed by atoms with E-state index >= 15 is 0 Å². The monoisotopic (exact) mass is 228 g/mol. The lowest BCUT2D eigenvalue weighted by Gasteiger charge is -2.04. The van der Waals surface area contributed by atoms with Gasteiger partial charge in [0.15, 0.2) is 0 Å². The summed E-state index contributed by atoms with van der Waals surface area (Å²) in [4.78, 5) is 15.0. The summed E-state index contributed by atoms with van der Waals surface area (Å²) in [5, 5.41) is 1.49. The minimum Gasteiger partial charge on any atom is -0.295 e. The van der Waals surface area contributed by atoms with Crippen LogP contribution in [0.25, 0.3) is 10.9 Å². The van der Waals surface area contributed by atoms with Gasteiger partial charge >= 0.3 is 5.69 Å². The molecule has 0 fully saturated rings. The minimum atomic E-state index is -0.384. The largest absolute Gasteiger partial charge is 0.349 e. The molecular weight excluding hydrogens is 223 g/mol. The number of aryl methyl sites for hydroxylation is 1. The standard InChI is InChI=1S/C9H6Cl2N2O/c1-13-7-4-5(10)2-3-6(7)8(11)12-9(13)14/h2-4H,1H3. The van der Waals surface area contributed by atoms with Crippen LogP contribution >= 0.6 is 23.2 Å². The summed E-state index contributed by atoms with van der Waals surface area (Å²) in [5.41, 5.74) is 0.298. The van der Waals surface area contributed by atoms with Crippen LogP contribution in [0, 0.1) is 0 Å². The van der Waals surface area contributed by atoms with Gasteiger partial charge < -0.3 is 0 Å². The second-order valence-electron chi connectivity index (χ2n) is 2.91. The molecule has 1 heterocycles. The summed E-state index contributed by atoms with van der Waals surface area (Å²) in [6.07, 6.45) is 0. The third-order valence-corrected chi connectivity index (χ3v) is 2.55. The maximum Gasteiger partial charge on any atom is 0.349 e. The molecule has 14 heavy (non-hydrogen) atoms. The first-order valence-corrected chi connectivity index (χ1v) is 4.67. The zero-order valence-corrected chi connectivity index (χ0v) is 8.80. The topological polar surface area (TPSA) is 34.9 Å². The predicted molar refractivity (Wildman–Crippen MR) is 57.0 cm³/mol. The van der Waals surface area contributed by atoms with Gasteiger partial charge in [-0.3, -0.25) is 4.57 Å². The van der Waals surface area contributed by atoms with Crippen molar-refractivity contribution < 1.29 is 0 Å². The fourth-order valence-corrected chi connectivity index (χ4v) is 1.68. The number of nitrogens with zero attached hydrogens (tertiary/aromatic N) is 2. The molecule has 1 aromatic carbocycles. The molecule has 0 spiro atoms. The molecule has 1 aromatic heterocycles. The zero-order chi connectivity index (χ0) is 10.3. The molecule has 3 nitrogen and oxygen atoms in total. The normalized spacial score (nSPS) is 10.8. The number of benzene rings is 1. The molecule has 0 unspecified atom stereocenters. The molecule has 2 rings (SSSR count). The summed E-state index contributed by atoms with van der Waals surface area (Å²) in [5.74, 6) is 0. The lowest BCUT2D eigenvalue weighted by atomic mass is 10.2. The molecule has 0 atom stereocenters. The van der Waals surface area contributed by atoms with E-state index in [1.807, 2.05) is 0 Å². The van der Waals surface area contributed by atoms with Crippen molar-refractivity contribution in [2.24, 2.45) is 7.05 Å². The fourth-order valence-electron chi connectivity index (χ4n) is 1.28. The first-order valence-electron chi connectivity index (χ1n) is 3.91. The average molecular weight is 229 g/mol. The smallest absolute Gasteiger partial charge is 0.295 e. The molecule has 5 heteroatoms. The first kappa shape index (κ1) is 9.49. The first-order chi connectivity index (χ1) is 6.59. The van der Waals surface area contributed by atoms with Crippen molar-refractivity contribution in [1.29, 1.82) is 0 Å². The molecular formula is C9H6Cl2N2O. The Labute approximate surface area is 89.9 Å². The highest BCUT2D eigenvalue weighted by Crippen LogP contribution is 2.22. The number of fused-ring (bicyclic) bond motifs is 1. The highest BCUT2D eigenvalue weighted by molar-refractivity contribution is 6.35. The van der Waals surface area contributed by atoms with Crippen molar-refractivity contribution in [3.8, 4) is 0 Å². The van der Waals surface area contributed by atoms with E-state index in [4.69, 9.17) is 23.2 Å². The molecule has 0 aliphatic rings. The van der Waals surface area contributed by atoms with Gasteiger partial charge in [-0.25, -0.2) is 4.79 Å². The fraction of sp³-hybridized carbons (Fsp3) is 0.111. The Morgan fingerprint density at radius 1 is 1.36 bits per heavy atom. The molecule has 0 saturated heterocycles. The van der Waals surface area contributed by atoms with Gasteiger partial charge in [-0.2, -0.15) is 4.98 Å². The van der Waals surface area contributed by atoms with Gasteiger partial charge in [0.2, 0.25) is 0 Å². The molecule has 0 bridgehead atoms. The Morgan fingerprint density at radius 2 is 2.07 bits per heavy atom. The van der Waals surface area contributed by atoms with E-state index in [1.165, 1.54) is 4.57 Å². The summed E-state index contributed by atoms with van der Waals surface area (Å²) < 4.78 is 1.41. The third kappa shape index (κ3) is 1.38. The van der Waals surface area contributed by atoms with Crippen LogP contribution in [-0.4, -0.2) is 9.55 Å². The third-order valence-electron chi connectivity index (χ3n) is 2.02. The number of hydrogen-bond acceptors (Lipinski definition) is 2. The molecule has 0 radical (unpaired) electrons. The lowest BCUT2D eigenvalue weighted by Crippen LogP contribution is -2.20. The maximum absolute atomic E-state index is 11.3. The van der Waals surface area contributed by atoms with E-state index in [0.29, 0.717) is 10.5 Å². The van der Waals surface area contributed by atoms with Crippen molar-refractivity contribution in [2.45, 2.75) is 0 Å². The second-order valence-corrected chi connectivity index (χ2v) is 3.70. The SMILES string of the molecule is Cn1c(=O)nc(Cl)c2ccc(Cl)cc21. The molecule has 0 N–H and O–H groups in total. The minimum absolute atomic E-state index is 0.208. The van der Waals surface area contributed by atoms with Crippen LogP contribution in [0.4, 0.5) is 0 Å². The van der Waals surface area contributed by atoms with Crippen LogP contribution in [-0.2, 0) is 7.05 Å². The highest BCUT2D eigenvalue weighted by Gasteiger charge is 2.05. The van der Waals surface area contributed by atoms with Crippen molar-refractivity contribution in [3.63, 3.8) is 0 Å². The van der Waals surface area contributed by atoms with Crippen molar-refractivity contribution >= 4 is 34.1 Å². The zero-order valence-electron chi connectivity index (χ0n) is 7.29. The van der Waals surface area contributed by atoms with Crippen molar-refractivity contribution in [2.75, 3.05) is 0 Å². The van der Waals surface area contributed by atoms with Gasteiger partial charge in [-0.05, 0) is 18.2 Å². The molecule has 72 valence electrons. The van der Waals surface area contributed by atoms with Gasteiger partial charge in [-0.15, -0.1) is 0 Å². The van der Waals surface area contributed by atoms with E-state index in [9.17, 15) is 4.79 Å². The van der Waals surface area contributed by atoms with Gasteiger partial charge in [-0.1, -0.05) is 23.2 Å². The van der Waals surface area contributed by atoms with E-state index in [1.54, 1.807) is 25.2 Å². The number of hydrogen-bond donors (Lipinski definition) is 0. The maximum atomic E-state index is 11.3. The van der Waals surface area contributed by atoms with Crippen molar-refractivity contribution in [3.05, 3.63) is 38.9 Å². The van der Waals surface area contributed by atoms with E-state index in [-0.39, 0.29) is 10.8 Å². The highest BCUT2D eigenvalue weighted by atomic mass is 35.5. The van der Waals surface area contributed by atoms with Gasteiger partial charge in [0.25, 0.3) is 0 Å². The lowest BCUT2D eigenvalue weighted by molar-refractivity contribution is 0.853. The molecule has 0 amide bonds.